The Kier molecular flexibility index (Phi) is 4.52. The van der Waals surface area contributed by atoms with E-state index in [1.54, 1.807) is 0 Å². The molecule has 1 aromatic rings. The van der Waals surface area contributed by atoms with Crippen LogP contribution < -0.4 is 0 Å². The number of carbonyl (C=O) groups excluding carboxylic acids is 1. The molecule has 1 aromatic carbocycles. The Balaban J connectivity index is 1.84. The topological polar surface area (TPSA) is 44.1 Å². The summed E-state index contributed by atoms with van der Waals surface area (Å²) in [5.74, 6) is 0.592. The highest BCUT2D eigenvalue weighted by molar-refractivity contribution is 5.87. The molecule has 0 saturated heterocycles. The molecule has 0 aromatic heterocycles. The van der Waals surface area contributed by atoms with Gasteiger partial charge in [-0.3, -0.25) is 4.79 Å². The van der Waals surface area contributed by atoms with Crippen LogP contribution in [0.3, 0.4) is 0 Å². The smallest absolute Gasteiger partial charge is 0.246 e. The van der Waals surface area contributed by atoms with Crippen LogP contribution in [0.15, 0.2) is 30.9 Å². The van der Waals surface area contributed by atoms with E-state index in [4.69, 9.17) is 0 Å². The van der Waals surface area contributed by atoms with Crippen LogP contribution in [0.2, 0.25) is 0 Å². The minimum Gasteiger partial charge on any atom is -0.331 e. The molecule has 0 radical (unpaired) electrons. The van der Waals surface area contributed by atoms with Gasteiger partial charge in [0.25, 0.3) is 0 Å². The van der Waals surface area contributed by atoms with Gasteiger partial charge in [0.15, 0.2) is 0 Å². The molecule has 2 saturated carbocycles. The standard InChI is InChI=1S/C20H24N2O/c1-3-20(23)22(19-6-4-5-17(19)12-21)13-15-8-7-14(2)18(11-15)16-9-10-16/h3,7-8,11,16-17,19H,1,4-6,9-10,13H2,2H3. The first-order chi connectivity index (χ1) is 11.1. The molecular formula is C20H24N2O. The second-order valence-corrected chi connectivity index (χ2v) is 6.87. The van der Waals surface area contributed by atoms with Gasteiger partial charge in [-0.1, -0.05) is 24.8 Å². The third-order valence-corrected chi connectivity index (χ3v) is 5.22. The zero-order chi connectivity index (χ0) is 16.4. The summed E-state index contributed by atoms with van der Waals surface area (Å²) in [6.45, 7) is 6.38. The SMILES string of the molecule is C=CC(=O)N(Cc1ccc(C)c(C2CC2)c1)C1CCCC1C#N. The third-order valence-electron chi connectivity index (χ3n) is 5.22. The molecule has 0 spiro atoms. The van der Waals surface area contributed by atoms with E-state index in [0.717, 1.165) is 24.8 Å². The second-order valence-electron chi connectivity index (χ2n) is 6.87. The average molecular weight is 308 g/mol. The number of carbonyl (C=O) groups is 1. The quantitative estimate of drug-likeness (QED) is 0.769. The molecule has 0 heterocycles. The lowest BCUT2D eigenvalue weighted by molar-refractivity contribution is -0.129. The monoisotopic (exact) mass is 308 g/mol. The number of nitriles is 1. The van der Waals surface area contributed by atoms with Crippen molar-refractivity contribution in [1.29, 1.82) is 5.26 Å². The Labute approximate surface area is 138 Å². The highest BCUT2D eigenvalue weighted by atomic mass is 16.2. The van der Waals surface area contributed by atoms with E-state index in [2.05, 4.69) is 37.8 Å². The summed E-state index contributed by atoms with van der Waals surface area (Å²) in [5, 5.41) is 9.35. The highest BCUT2D eigenvalue weighted by Gasteiger charge is 2.34. The summed E-state index contributed by atoms with van der Waals surface area (Å²) < 4.78 is 0. The summed E-state index contributed by atoms with van der Waals surface area (Å²) in [6.07, 6.45) is 6.76. The lowest BCUT2D eigenvalue weighted by Crippen LogP contribution is -2.40. The molecule has 2 unspecified atom stereocenters. The second kappa shape index (κ2) is 6.58. The van der Waals surface area contributed by atoms with Gasteiger partial charge in [0.05, 0.1) is 12.0 Å². The van der Waals surface area contributed by atoms with Crippen molar-refractivity contribution in [2.24, 2.45) is 5.92 Å². The van der Waals surface area contributed by atoms with Crippen molar-refractivity contribution in [3.05, 3.63) is 47.5 Å². The Morgan fingerprint density at radius 3 is 2.83 bits per heavy atom. The summed E-state index contributed by atoms with van der Waals surface area (Å²) in [7, 11) is 0. The molecule has 0 bridgehead atoms. The van der Waals surface area contributed by atoms with Crippen LogP contribution in [-0.4, -0.2) is 16.8 Å². The highest BCUT2D eigenvalue weighted by Crippen LogP contribution is 2.42. The van der Waals surface area contributed by atoms with E-state index in [-0.39, 0.29) is 17.9 Å². The van der Waals surface area contributed by atoms with Crippen LogP contribution in [0, 0.1) is 24.2 Å². The largest absolute Gasteiger partial charge is 0.331 e. The van der Waals surface area contributed by atoms with Gasteiger partial charge >= 0.3 is 0 Å². The van der Waals surface area contributed by atoms with Gasteiger partial charge in [0.1, 0.15) is 0 Å². The summed E-state index contributed by atoms with van der Waals surface area (Å²) in [4.78, 5) is 14.2. The first-order valence-electron chi connectivity index (χ1n) is 8.56. The molecule has 120 valence electrons. The molecule has 2 aliphatic carbocycles. The molecule has 2 fully saturated rings. The van der Waals surface area contributed by atoms with Gasteiger partial charge in [-0.25, -0.2) is 0 Å². The van der Waals surface area contributed by atoms with E-state index in [0.29, 0.717) is 12.5 Å². The zero-order valence-corrected chi connectivity index (χ0v) is 13.8. The van der Waals surface area contributed by atoms with Gasteiger partial charge < -0.3 is 4.90 Å². The van der Waals surface area contributed by atoms with Crippen LogP contribution >= 0.6 is 0 Å². The third kappa shape index (κ3) is 3.32. The number of nitrogens with zero attached hydrogens (tertiary/aromatic N) is 2. The van der Waals surface area contributed by atoms with E-state index in [1.807, 2.05) is 4.90 Å². The minimum atomic E-state index is -0.0642. The summed E-state index contributed by atoms with van der Waals surface area (Å²) in [6, 6.07) is 8.94. The molecule has 2 aliphatic rings. The Bertz CT molecular complexity index is 654. The fourth-order valence-corrected chi connectivity index (χ4v) is 3.76. The van der Waals surface area contributed by atoms with Crippen molar-refractivity contribution >= 4 is 5.91 Å². The number of benzene rings is 1. The maximum Gasteiger partial charge on any atom is 0.246 e. The normalized spacial score (nSPS) is 23.3. The van der Waals surface area contributed by atoms with Crippen molar-refractivity contribution in [3.63, 3.8) is 0 Å². The van der Waals surface area contributed by atoms with E-state index < -0.39 is 0 Å². The fraction of sp³-hybridized carbons (Fsp3) is 0.500. The summed E-state index contributed by atoms with van der Waals surface area (Å²) in [5.41, 5.74) is 3.93. The average Bonchev–Trinajstić information content (AvgIpc) is 3.30. The zero-order valence-electron chi connectivity index (χ0n) is 13.8. The molecule has 3 heteroatoms. The van der Waals surface area contributed by atoms with Crippen LogP contribution in [0.1, 0.15) is 54.7 Å². The predicted molar refractivity (Wildman–Crippen MR) is 90.6 cm³/mol. The van der Waals surface area contributed by atoms with Gasteiger partial charge in [0.2, 0.25) is 5.91 Å². The maximum atomic E-state index is 12.4. The van der Waals surface area contributed by atoms with Gasteiger partial charge in [-0.2, -0.15) is 5.26 Å². The summed E-state index contributed by atoms with van der Waals surface area (Å²) >= 11 is 0. The molecule has 1 amide bonds. The molecule has 3 nitrogen and oxygen atoms in total. The van der Waals surface area contributed by atoms with Gasteiger partial charge in [-0.05, 0) is 67.7 Å². The van der Waals surface area contributed by atoms with E-state index in [9.17, 15) is 10.1 Å². The van der Waals surface area contributed by atoms with Gasteiger partial charge in [-0.15, -0.1) is 0 Å². The molecular weight excluding hydrogens is 284 g/mol. The van der Waals surface area contributed by atoms with E-state index >= 15 is 0 Å². The van der Waals surface area contributed by atoms with E-state index in [1.165, 1.54) is 30.0 Å². The van der Waals surface area contributed by atoms with Gasteiger partial charge in [0, 0.05) is 12.6 Å². The molecule has 2 atom stereocenters. The van der Waals surface area contributed by atoms with Crippen LogP contribution in [0.5, 0.6) is 0 Å². The van der Waals surface area contributed by atoms with Crippen molar-refractivity contribution in [2.45, 2.75) is 57.5 Å². The predicted octanol–water partition coefficient (Wildman–Crippen LogP) is 4.08. The van der Waals surface area contributed by atoms with Crippen molar-refractivity contribution in [1.82, 2.24) is 4.90 Å². The lowest BCUT2D eigenvalue weighted by atomic mass is 9.99. The lowest BCUT2D eigenvalue weighted by Gasteiger charge is -2.30. The Morgan fingerprint density at radius 2 is 2.17 bits per heavy atom. The first-order valence-corrected chi connectivity index (χ1v) is 8.56. The van der Waals surface area contributed by atoms with Crippen LogP contribution in [-0.2, 0) is 11.3 Å². The first kappa shape index (κ1) is 15.8. The Morgan fingerprint density at radius 1 is 1.39 bits per heavy atom. The van der Waals surface area contributed by atoms with Crippen molar-refractivity contribution in [2.75, 3.05) is 0 Å². The number of hydrogen-bond acceptors (Lipinski definition) is 2. The molecule has 0 N–H and O–H groups in total. The molecule has 23 heavy (non-hydrogen) atoms. The maximum absolute atomic E-state index is 12.4. The number of rotatable bonds is 5. The van der Waals surface area contributed by atoms with Crippen molar-refractivity contribution < 1.29 is 4.79 Å². The van der Waals surface area contributed by atoms with Crippen molar-refractivity contribution in [3.8, 4) is 6.07 Å². The molecule has 0 aliphatic heterocycles. The van der Waals surface area contributed by atoms with Crippen LogP contribution in [0.4, 0.5) is 0 Å². The molecule has 3 rings (SSSR count). The fourth-order valence-electron chi connectivity index (χ4n) is 3.76. The number of amides is 1. The Hall–Kier alpha value is -2.08. The number of aryl methyl sites for hydroxylation is 1. The van der Waals surface area contributed by atoms with Crippen LogP contribution in [0.25, 0.3) is 0 Å². The number of hydrogen-bond donors (Lipinski definition) is 0. The minimum absolute atomic E-state index is 0.0242.